The maximum atomic E-state index is 12.7. The molecule has 2 aromatic carbocycles. The van der Waals surface area contributed by atoms with Gasteiger partial charge in [-0.1, -0.05) is 13.0 Å². The molecule has 7 heteroatoms. The van der Waals surface area contributed by atoms with Crippen molar-refractivity contribution in [3.63, 3.8) is 0 Å². The Morgan fingerprint density at radius 2 is 1.70 bits per heavy atom. The van der Waals surface area contributed by atoms with Crippen molar-refractivity contribution in [2.45, 2.75) is 19.4 Å². The van der Waals surface area contributed by atoms with Crippen LogP contribution in [0.3, 0.4) is 0 Å². The fourth-order valence-corrected chi connectivity index (χ4v) is 2.85. The Morgan fingerprint density at radius 3 is 2.30 bits per heavy atom. The highest BCUT2D eigenvalue weighted by atomic mass is 16.5. The first-order chi connectivity index (χ1) is 13.2. The van der Waals surface area contributed by atoms with Crippen molar-refractivity contribution in [1.29, 1.82) is 0 Å². The van der Waals surface area contributed by atoms with E-state index < -0.39 is 0 Å². The lowest BCUT2D eigenvalue weighted by Gasteiger charge is -2.19. The van der Waals surface area contributed by atoms with E-state index in [0.717, 1.165) is 17.7 Å². The molecule has 0 aliphatic rings. The normalized spacial score (nSPS) is 11.7. The molecule has 0 aliphatic heterocycles. The molecular weight excluding hydrogens is 344 g/mol. The van der Waals surface area contributed by atoms with Gasteiger partial charge in [-0.25, -0.2) is 0 Å². The Labute approximate surface area is 158 Å². The Hall–Kier alpha value is -3.35. The predicted octanol–water partition coefficient (Wildman–Crippen LogP) is 3.17. The van der Waals surface area contributed by atoms with Gasteiger partial charge in [0.25, 0.3) is 5.91 Å². The van der Waals surface area contributed by atoms with Gasteiger partial charge in [-0.05, 0) is 48.4 Å². The lowest BCUT2D eigenvalue weighted by atomic mass is 10.0. The molecule has 27 heavy (non-hydrogen) atoms. The number of ether oxygens (including phenoxy) is 2. The summed E-state index contributed by atoms with van der Waals surface area (Å²) in [7, 11) is 3.19. The van der Waals surface area contributed by atoms with Crippen molar-refractivity contribution in [1.82, 2.24) is 20.1 Å². The summed E-state index contributed by atoms with van der Waals surface area (Å²) in [6.45, 7) is 2.02. The second-order valence-corrected chi connectivity index (χ2v) is 5.96. The zero-order valence-electron chi connectivity index (χ0n) is 15.5. The van der Waals surface area contributed by atoms with Crippen LogP contribution >= 0.6 is 0 Å². The average Bonchev–Trinajstić information content (AvgIpc) is 3.26. The Kier molecular flexibility index (Phi) is 5.71. The van der Waals surface area contributed by atoms with Crippen molar-refractivity contribution in [2.75, 3.05) is 14.2 Å². The monoisotopic (exact) mass is 366 g/mol. The number of amides is 1. The van der Waals surface area contributed by atoms with Crippen LogP contribution in [0.5, 0.6) is 11.5 Å². The maximum absolute atomic E-state index is 12.7. The first-order valence-corrected chi connectivity index (χ1v) is 8.64. The summed E-state index contributed by atoms with van der Waals surface area (Å²) in [4.78, 5) is 12.7. The summed E-state index contributed by atoms with van der Waals surface area (Å²) >= 11 is 0. The second-order valence-electron chi connectivity index (χ2n) is 5.96. The SMILES string of the molecule is CCC(NC(=O)c1ccc(-n2cnnc2)cc1)c1ccc(OC)c(OC)c1. The lowest BCUT2D eigenvalue weighted by Crippen LogP contribution is -2.28. The zero-order valence-corrected chi connectivity index (χ0v) is 15.5. The van der Waals surface area contributed by atoms with E-state index in [1.807, 2.05) is 37.3 Å². The third-order valence-corrected chi connectivity index (χ3v) is 4.37. The van der Waals surface area contributed by atoms with E-state index in [-0.39, 0.29) is 11.9 Å². The number of hydrogen-bond donors (Lipinski definition) is 1. The smallest absolute Gasteiger partial charge is 0.251 e. The first kappa shape index (κ1) is 18.4. The molecule has 0 radical (unpaired) electrons. The molecular formula is C20H22N4O3. The van der Waals surface area contributed by atoms with E-state index in [9.17, 15) is 4.79 Å². The Bertz CT molecular complexity index is 892. The minimum absolute atomic E-state index is 0.130. The number of carbonyl (C=O) groups is 1. The molecule has 1 N–H and O–H groups in total. The molecule has 0 spiro atoms. The van der Waals surface area contributed by atoms with Crippen LogP contribution in [0.15, 0.2) is 55.1 Å². The molecule has 0 saturated heterocycles. The van der Waals surface area contributed by atoms with Gasteiger partial charge in [0.15, 0.2) is 11.5 Å². The quantitative estimate of drug-likeness (QED) is 0.695. The molecule has 0 fully saturated rings. The molecule has 0 saturated carbocycles. The number of aromatic nitrogens is 3. The summed E-state index contributed by atoms with van der Waals surface area (Å²) < 4.78 is 12.4. The van der Waals surface area contributed by atoms with Crippen LogP contribution in [0.25, 0.3) is 5.69 Å². The van der Waals surface area contributed by atoms with Gasteiger partial charge < -0.3 is 14.8 Å². The third-order valence-electron chi connectivity index (χ3n) is 4.37. The van der Waals surface area contributed by atoms with Crippen molar-refractivity contribution in [3.8, 4) is 17.2 Å². The lowest BCUT2D eigenvalue weighted by molar-refractivity contribution is 0.0935. The van der Waals surface area contributed by atoms with Gasteiger partial charge in [0.2, 0.25) is 0 Å². The molecule has 1 amide bonds. The van der Waals surface area contributed by atoms with E-state index in [0.29, 0.717) is 17.1 Å². The van der Waals surface area contributed by atoms with Crippen LogP contribution < -0.4 is 14.8 Å². The molecule has 3 aromatic rings. The van der Waals surface area contributed by atoms with Crippen molar-refractivity contribution < 1.29 is 14.3 Å². The number of hydrogen-bond acceptors (Lipinski definition) is 5. The molecule has 7 nitrogen and oxygen atoms in total. The Morgan fingerprint density at radius 1 is 1.04 bits per heavy atom. The van der Waals surface area contributed by atoms with Gasteiger partial charge >= 0.3 is 0 Å². The fourth-order valence-electron chi connectivity index (χ4n) is 2.85. The van der Waals surface area contributed by atoms with Crippen LogP contribution in [-0.4, -0.2) is 34.9 Å². The largest absolute Gasteiger partial charge is 0.493 e. The molecule has 1 atom stereocenters. The molecule has 1 unspecified atom stereocenters. The molecule has 3 rings (SSSR count). The van der Waals surface area contributed by atoms with Crippen LogP contribution in [0.4, 0.5) is 0 Å². The molecule has 1 heterocycles. The van der Waals surface area contributed by atoms with E-state index >= 15 is 0 Å². The first-order valence-electron chi connectivity index (χ1n) is 8.64. The highest BCUT2D eigenvalue weighted by Gasteiger charge is 2.16. The standard InChI is InChI=1S/C20H22N4O3/c1-4-17(15-7-10-18(26-2)19(11-15)27-3)23-20(25)14-5-8-16(9-6-14)24-12-21-22-13-24/h5-13,17H,4H2,1-3H3,(H,23,25). The summed E-state index contributed by atoms with van der Waals surface area (Å²) in [6, 6.07) is 12.8. The number of methoxy groups -OCH3 is 2. The molecule has 1 aromatic heterocycles. The predicted molar refractivity (Wildman–Crippen MR) is 101 cm³/mol. The fraction of sp³-hybridized carbons (Fsp3) is 0.250. The summed E-state index contributed by atoms with van der Waals surface area (Å²) in [5.74, 6) is 1.17. The molecule has 0 bridgehead atoms. The second kappa shape index (κ2) is 8.35. The topological polar surface area (TPSA) is 78.3 Å². The summed E-state index contributed by atoms with van der Waals surface area (Å²) in [5, 5.41) is 10.6. The minimum Gasteiger partial charge on any atom is -0.493 e. The van der Waals surface area contributed by atoms with Crippen LogP contribution in [-0.2, 0) is 0 Å². The highest BCUT2D eigenvalue weighted by Crippen LogP contribution is 2.31. The van der Waals surface area contributed by atoms with Gasteiger partial charge in [0, 0.05) is 11.3 Å². The number of benzene rings is 2. The average molecular weight is 366 g/mol. The zero-order chi connectivity index (χ0) is 19.2. The maximum Gasteiger partial charge on any atom is 0.251 e. The van der Waals surface area contributed by atoms with Crippen LogP contribution in [0.1, 0.15) is 35.3 Å². The van der Waals surface area contributed by atoms with Crippen molar-refractivity contribution >= 4 is 5.91 Å². The number of rotatable bonds is 7. The summed E-state index contributed by atoms with van der Waals surface area (Å²) in [5.41, 5.74) is 2.44. The number of nitrogens with zero attached hydrogens (tertiary/aromatic N) is 3. The molecule has 0 aliphatic carbocycles. The number of carbonyl (C=O) groups excluding carboxylic acids is 1. The van der Waals surface area contributed by atoms with Crippen LogP contribution in [0, 0.1) is 0 Å². The number of nitrogens with one attached hydrogen (secondary N) is 1. The van der Waals surface area contributed by atoms with Gasteiger partial charge in [-0.2, -0.15) is 0 Å². The van der Waals surface area contributed by atoms with Gasteiger partial charge in [-0.3, -0.25) is 9.36 Å². The van der Waals surface area contributed by atoms with Gasteiger partial charge in [-0.15, -0.1) is 10.2 Å². The van der Waals surface area contributed by atoms with E-state index in [2.05, 4.69) is 15.5 Å². The van der Waals surface area contributed by atoms with Crippen molar-refractivity contribution in [2.24, 2.45) is 0 Å². The van der Waals surface area contributed by atoms with Crippen molar-refractivity contribution in [3.05, 3.63) is 66.2 Å². The van der Waals surface area contributed by atoms with E-state index in [1.54, 1.807) is 43.6 Å². The van der Waals surface area contributed by atoms with Gasteiger partial charge in [0.05, 0.1) is 20.3 Å². The van der Waals surface area contributed by atoms with Crippen LogP contribution in [0.2, 0.25) is 0 Å². The summed E-state index contributed by atoms with van der Waals surface area (Å²) in [6.07, 6.45) is 3.97. The van der Waals surface area contributed by atoms with Gasteiger partial charge in [0.1, 0.15) is 12.7 Å². The van der Waals surface area contributed by atoms with E-state index in [1.165, 1.54) is 0 Å². The highest BCUT2D eigenvalue weighted by molar-refractivity contribution is 5.94. The Balaban J connectivity index is 1.75. The molecule has 140 valence electrons. The third kappa shape index (κ3) is 4.08. The minimum atomic E-state index is -0.132. The van der Waals surface area contributed by atoms with E-state index in [4.69, 9.17) is 9.47 Å².